The molecule has 4 atom stereocenters. The predicted molar refractivity (Wildman–Crippen MR) is 166 cm³/mol. The summed E-state index contributed by atoms with van der Waals surface area (Å²) in [5.41, 5.74) is 2.07. The summed E-state index contributed by atoms with van der Waals surface area (Å²) in [6.07, 6.45) is 3.38. The maximum absolute atomic E-state index is 15.2. The summed E-state index contributed by atoms with van der Waals surface area (Å²) in [7, 11) is 0. The van der Waals surface area contributed by atoms with Crippen LogP contribution in [0.25, 0.3) is 11.0 Å². The number of halogens is 2. The van der Waals surface area contributed by atoms with Crippen molar-refractivity contribution in [1.29, 1.82) is 0 Å². The lowest BCUT2D eigenvalue weighted by Crippen LogP contribution is -2.59. The van der Waals surface area contributed by atoms with Crippen molar-refractivity contribution < 1.29 is 33.2 Å². The SMILES string of the molecule is C[C@]1(c2ccc(Cl)cn2)Oc2cccc(N3CCN(Cc4nc5c(F)cc(C(=O)O)cc5n4C[C@@H]4CCCO4)[C@H]4COC[C@H]43)c2O1. The number of benzene rings is 2. The molecule has 13 heteroatoms. The van der Waals surface area contributed by atoms with Gasteiger partial charge < -0.3 is 33.5 Å². The topological polar surface area (TPSA) is 111 Å². The Labute approximate surface area is 269 Å². The van der Waals surface area contributed by atoms with Crippen molar-refractivity contribution >= 4 is 34.3 Å². The number of para-hydroxylation sites is 1. The van der Waals surface area contributed by atoms with Gasteiger partial charge in [0.05, 0.1) is 66.3 Å². The minimum atomic E-state index is -1.18. The highest BCUT2D eigenvalue weighted by Crippen LogP contribution is 2.50. The number of hydrogen-bond donors (Lipinski definition) is 1. The summed E-state index contributed by atoms with van der Waals surface area (Å²) >= 11 is 6.07. The predicted octanol–water partition coefficient (Wildman–Crippen LogP) is 4.83. The molecule has 0 amide bonds. The summed E-state index contributed by atoms with van der Waals surface area (Å²) in [4.78, 5) is 25.6. The van der Waals surface area contributed by atoms with Gasteiger partial charge in [0.25, 0.3) is 5.79 Å². The van der Waals surface area contributed by atoms with Gasteiger partial charge in [-0.1, -0.05) is 17.7 Å². The van der Waals surface area contributed by atoms with E-state index < -0.39 is 17.6 Å². The quantitative estimate of drug-likeness (QED) is 0.299. The van der Waals surface area contributed by atoms with E-state index in [1.807, 2.05) is 29.7 Å². The number of aromatic nitrogens is 3. The van der Waals surface area contributed by atoms with E-state index in [1.54, 1.807) is 18.3 Å². The van der Waals surface area contributed by atoms with Gasteiger partial charge in [0, 0.05) is 32.8 Å². The van der Waals surface area contributed by atoms with Crippen molar-refractivity contribution in [1.82, 2.24) is 19.4 Å². The number of carbonyl (C=O) groups is 1. The molecular weight excluding hydrogens is 617 g/mol. The molecule has 4 aliphatic heterocycles. The Bertz CT molecular complexity index is 1810. The fraction of sp³-hybridized carbons (Fsp3) is 0.424. The number of carboxylic acid groups (broad SMARTS) is 1. The van der Waals surface area contributed by atoms with Crippen LogP contribution in [0.15, 0.2) is 48.7 Å². The van der Waals surface area contributed by atoms with Crippen LogP contribution in [0, 0.1) is 5.82 Å². The summed E-state index contributed by atoms with van der Waals surface area (Å²) in [6, 6.07) is 12.1. The van der Waals surface area contributed by atoms with Crippen LogP contribution in [0.4, 0.5) is 10.1 Å². The molecule has 0 saturated carbocycles. The number of pyridine rings is 1. The zero-order valence-corrected chi connectivity index (χ0v) is 26.0. The van der Waals surface area contributed by atoms with E-state index in [0.717, 1.165) is 24.6 Å². The highest BCUT2D eigenvalue weighted by molar-refractivity contribution is 6.30. The van der Waals surface area contributed by atoms with Gasteiger partial charge in [-0.05, 0) is 49.2 Å². The van der Waals surface area contributed by atoms with E-state index >= 15 is 4.39 Å². The van der Waals surface area contributed by atoms with Gasteiger partial charge in [0.2, 0.25) is 0 Å². The summed E-state index contributed by atoms with van der Waals surface area (Å²) < 4.78 is 41.9. The van der Waals surface area contributed by atoms with E-state index in [0.29, 0.717) is 79.6 Å². The highest BCUT2D eigenvalue weighted by Gasteiger charge is 2.46. The van der Waals surface area contributed by atoms with Crippen LogP contribution in [-0.4, -0.2) is 81.6 Å². The molecule has 4 aliphatic rings. The fourth-order valence-electron chi connectivity index (χ4n) is 7.18. The number of rotatable bonds is 7. The largest absolute Gasteiger partial charge is 0.478 e. The second kappa shape index (κ2) is 11.4. The Morgan fingerprint density at radius 3 is 2.80 bits per heavy atom. The van der Waals surface area contributed by atoms with E-state index in [4.69, 9.17) is 35.5 Å². The molecule has 4 aromatic rings. The highest BCUT2D eigenvalue weighted by atomic mass is 35.5. The average molecular weight is 650 g/mol. The first-order valence-corrected chi connectivity index (χ1v) is 15.9. The molecule has 3 fully saturated rings. The first-order chi connectivity index (χ1) is 22.3. The van der Waals surface area contributed by atoms with E-state index in [-0.39, 0.29) is 29.3 Å². The van der Waals surface area contributed by atoms with Crippen molar-refractivity contribution in [2.45, 2.75) is 56.8 Å². The molecule has 0 spiro atoms. The molecule has 2 aromatic heterocycles. The number of ether oxygens (including phenoxy) is 4. The lowest BCUT2D eigenvalue weighted by Gasteiger charge is -2.44. The van der Waals surface area contributed by atoms with Gasteiger partial charge in [-0.15, -0.1) is 0 Å². The molecular formula is C33H33ClFN5O6. The van der Waals surface area contributed by atoms with Crippen molar-refractivity contribution in [3.8, 4) is 11.5 Å². The summed E-state index contributed by atoms with van der Waals surface area (Å²) in [5, 5.41) is 10.1. The Balaban J connectivity index is 1.08. The zero-order valence-electron chi connectivity index (χ0n) is 25.2. The standard InChI is InChI=1S/C33H33ClFN5O6/c1-33(28-8-7-20(34)14-36-28)45-27-6-2-5-23(31(27)46-33)39-10-9-38(25-17-43-18-26(25)39)16-29-37-30-22(35)12-19(32(41)42)13-24(30)40(29)15-21-4-3-11-44-21/h2,5-8,12-14,21,25-26H,3-4,9-11,15-18H2,1H3,(H,41,42)/t21-,25-,26+,33-/m0/s1. The lowest BCUT2D eigenvalue weighted by molar-refractivity contribution is -0.0716. The molecule has 6 heterocycles. The normalized spacial score (nSPS) is 25.8. The van der Waals surface area contributed by atoms with Gasteiger partial charge in [0.1, 0.15) is 17.0 Å². The number of piperazine rings is 1. The average Bonchev–Trinajstić information content (AvgIpc) is 3.85. The molecule has 240 valence electrons. The van der Waals surface area contributed by atoms with Crippen LogP contribution >= 0.6 is 11.6 Å². The Morgan fingerprint density at radius 1 is 1.15 bits per heavy atom. The third kappa shape index (κ3) is 5.04. The van der Waals surface area contributed by atoms with E-state index in [2.05, 4.69) is 14.8 Å². The Hall–Kier alpha value is -3.97. The van der Waals surface area contributed by atoms with Crippen LogP contribution in [0.3, 0.4) is 0 Å². The van der Waals surface area contributed by atoms with Gasteiger partial charge in [-0.25, -0.2) is 14.2 Å². The molecule has 46 heavy (non-hydrogen) atoms. The number of hydrogen-bond acceptors (Lipinski definition) is 9. The first kappa shape index (κ1) is 29.4. The molecule has 1 N–H and O–H groups in total. The third-order valence-corrected chi connectivity index (χ3v) is 9.69. The van der Waals surface area contributed by atoms with Gasteiger partial charge in [-0.3, -0.25) is 9.88 Å². The molecule has 11 nitrogen and oxygen atoms in total. The molecule has 0 radical (unpaired) electrons. The van der Waals surface area contributed by atoms with Gasteiger partial charge in [-0.2, -0.15) is 0 Å². The maximum atomic E-state index is 15.2. The van der Waals surface area contributed by atoms with Crippen molar-refractivity contribution in [3.63, 3.8) is 0 Å². The lowest BCUT2D eigenvalue weighted by atomic mass is 10.0. The monoisotopic (exact) mass is 649 g/mol. The molecule has 0 aliphatic carbocycles. The maximum Gasteiger partial charge on any atom is 0.335 e. The molecule has 8 rings (SSSR count). The van der Waals surface area contributed by atoms with Crippen LogP contribution < -0.4 is 14.4 Å². The van der Waals surface area contributed by atoms with Crippen LogP contribution in [0.2, 0.25) is 5.02 Å². The Morgan fingerprint density at radius 2 is 2.02 bits per heavy atom. The summed E-state index contributed by atoms with van der Waals surface area (Å²) in [5.74, 6) is -0.955. The zero-order chi connectivity index (χ0) is 31.6. The van der Waals surface area contributed by atoms with Crippen LogP contribution in [0.5, 0.6) is 11.5 Å². The van der Waals surface area contributed by atoms with Gasteiger partial charge in [0.15, 0.2) is 17.3 Å². The second-order valence-corrected chi connectivity index (χ2v) is 12.8. The van der Waals surface area contributed by atoms with E-state index in [9.17, 15) is 9.90 Å². The number of nitrogens with zero attached hydrogens (tertiary/aromatic N) is 5. The second-order valence-electron chi connectivity index (χ2n) is 12.4. The van der Waals surface area contributed by atoms with Crippen LogP contribution in [0.1, 0.15) is 41.6 Å². The number of imidazole rings is 1. The molecule has 2 aromatic carbocycles. The van der Waals surface area contributed by atoms with Crippen molar-refractivity contribution in [2.24, 2.45) is 0 Å². The Kier molecular flexibility index (Phi) is 7.28. The van der Waals surface area contributed by atoms with Crippen LogP contribution in [-0.2, 0) is 28.4 Å². The minimum absolute atomic E-state index is 0.0238. The summed E-state index contributed by atoms with van der Waals surface area (Å²) in [6.45, 7) is 5.89. The molecule has 3 saturated heterocycles. The number of aromatic carboxylic acids is 1. The molecule has 0 unspecified atom stereocenters. The number of carboxylic acids is 1. The first-order valence-electron chi connectivity index (χ1n) is 15.5. The number of fused-ring (bicyclic) bond motifs is 3. The third-order valence-electron chi connectivity index (χ3n) is 9.47. The fourth-order valence-corrected chi connectivity index (χ4v) is 7.29. The number of anilines is 1. The van der Waals surface area contributed by atoms with E-state index in [1.165, 1.54) is 6.07 Å². The van der Waals surface area contributed by atoms with Crippen molar-refractivity contribution in [3.05, 3.63) is 76.6 Å². The smallest absolute Gasteiger partial charge is 0.335 e. The van der Waals surface area contributed by atoms with Crippen molar-refractivity contribution in [2.75, 3.05) is 37.8 Å². The van der Waals surface area contributed by atoms with Gasteiger partial charge >= 0.3 is 5.97 Å². The minimum Gasteiger partial charge on any atom is -0.478 e. The molecule has 0 bridgehead atoms.